The number of rotatable bonds is 5. The molecule has 0 radical (unpaired) electrons. The second-order valence-corrected chi connectivity index (χ2v) is 7.83. The van der Waals surface area contributed by atoms with Crippen molar-refractivity contribution in [2.24, 2.45) is 5.92 Å². The van der Waals surface area contributed by atoms with Crippen molar-refractivity contribution in [3.8, 4) is 0 Å². The topological polar surface area (TPSA) is 4.93 Å². The van der Waals surface area contributed by atoms with Crippen molar-refractivity contribution < 1.29 is 0 Å². The van der Waals surface area contributed by atoms with Crippen LogP contribution in [0.2, 0.25) is 0 Å². The fourth-order valence-corrected chi connectivity index (χ4v) is 4.03. The van der Waals surface area contributed by atoms with Crippen LogP contribution in [0.3, 0.4) is 0 Å². The number of aromatic nitrogens is 1. The molecular weight excluding hydrogens is 402 g/mol. The van der Waals surface area contributed by atoms with E-state index in [1.807, 2.05) is 0 Å². The van der Waals surface area contributed by atoms with Gasteiger partial charge in [0.25, 0.3) is 0 Å². The van der Waals surface area contributed by atoms with E-state index in [2.05, 4.69) is 86.7 Å². The molecule has 1 heterocycles. The molecule has 116 valence electrons. The van der Waals surface area contributed by atoms with Crippen molar-refractivity contribution >= 4 is 53.7 Å². The summed E-state index contributed by atoms with van der Waals surface area (Å²) in [5.41, 5.74) is 2.66. The maximum atomic E-state index is 3.63. The number of hydrogen-bond donors (Lipinski definition) is 0. The Morgan fingerprint density at radius 2 is 1.45 bits per heavy atom. The zero-order chi connectivity index (χ0) is 15.7. The molecule has 0 bridgehead atoms. The largest absolute Gasteiger partial charge is 0.340 e. The minimum absolute atomic E-state index is 0.738. The first-order valence-electron chi connectivity index (χ1n) is 8.01. The van der Waals surface area contributed by atoms with Crippen LogP contribution in [0.5, 0.6) is 0 Å². The van der Waals surface area contributed by atoms with Gasteiger partial charge in [-0.3, -0.25) is 0 Å². The summed E-state index contributed by atoms with van der Waals surface area (Å²) in [6.07, 6.45) is 3.78. The highest BCUT2D eigenvalue weighted by Gasteiger charge is 2.14. The van der Waals surface area contributed by atoms with E-state index in [1.165, 1.54) is 41.1 Å². The van der Waals surface area contributed by atoms with Gasteiger partial charge in [-0.15, -0.1) is 0 Å². The monoisotopic (exact) mass is 421 g/mol. The Bertz CT molecular complexity index is 745. The van der Waals surface area contributed by atoms with Gasteiger partial charge in [-0.05, 0) is 36.6 Å². The van der Waals surface area contributed by atoms with Crippen molar-refractivity contribution in [3.63, 3.8) is 0 Å². The fraction of sp³-hybridized carbons (Fsp3) is 0.368. The molecule has 1 nitrogen and oxygen atoms in total. The molecule has 1 aromatic heterocycles. The summed E-state index contributed by atoms with van der Waals surface area (Å²) in [5, 5.41) is 2.69. The second kappa shape index (κ2) is 6.76. The summed E-state index contributed by atoms with van der Waals surface area (Å²) in [5.74, 6) is 0.738. The van der Waals surface area contributed by atoms with Gasteiger partial charge in [0.05, 0.1) is 11.0 Å². The first kappa shape index (κ1) is 16.1. The third-order valence-corrected chi connectivity index (χ3v) is 5.49. The first-order chi connectivity index (χ1) is 10.6. The summed E-state index contributed by atoms with van der Waals surface area (Å²) in [6.45, 7) is 5.68. The van der Waals surface area contributed by atoms with Crippen molar-refractivity contribution in [1.82, 2.24) is 4.57 Å². The van der Waals surface area contributed by atoms with Gasteiger partial charge >= 0.3 is 0 Å². The number of hydrogen-bond acceptors (Lipinski definition) is 0. The molecule has 0 aliphatic heterocycles. The maximum Gasteiger partial charge on any atom is 0.0502 e. The van der Waals surface area contributed by atoms with E-state index >= 15 is 0 Å². The van der Waals surface area contributed by atoms with Crippen LogP contribution in [0.25, 0.3) is 21.8 Å². The average Bonchev–Trinajstić information content (AvgIpc) is 2.79. The minimum Gasteiger partial charge on any atom is -0.340 e. The molecule has 0 N–H and O–H groups in total. The Kier molecular flexibility index (Phi) is 4.94. The Hall–Kier alpha value is -0.800. The third-order valence-electron chi connectivity index (χ3n) is 4.51. The van der Waals surface area contributed by atoms with Crippen molar-refractivity contribution in [1.29, 1.82) is 0 Å². The summed E-state index contributed by atoms with van der Waals surface area (Å²) < 4.78 is 4.79. The molecule has 2 aromatic carbocycles. The lowest BCUT2D eigenvalue weighted by Crippen LogP contribution is -2.09. The molecule has 0 amide bonds. The molecule has 0 aliphatic carbocycles. The highest BCUT2D eigenvalue weighted by molar-refractivity contribution is 9.10. The Morgan fingerprint density at radius 1 is 0.909 bits per heavy atom. The molecule has 0 saturated heterocycles. The lowest BCUT2D eigenvalue weighted by atomic mass is 10.0. The van der Waals surface area contributed by atoms with Crippen LogP contribution in [0.4, 0.5) is 0 Å². The van der Waals surface area contributed by atoms with Gasteiger partial charge < -0.3 is 4.57 Å². The number of halogens is 2. The predicted octanol–water partition coefficient (Wildman–Crippen LogP) is 7.15. The molecule has 0 saturated carbocycles. The smallest absolute Gasteiger partial charge is 0.0502 e. The van der Waals surface area contributed by atoms with Crippen LogP contribution in [0.1, 0.15) is 33.1 Å². The van der Waals surface area contributed by atoms with E-state index in [4.69, 9.17) is 0 Å². The van der Waals surface area contributed by atoms with Crippen molar-refractivity contribution in [2.75, 3.05) is 0 Å². The van der Waals surface area contributed by atoms with E-state index in [0.717, 1.165) is 21.4 Å². The summed E-state index contributed by atoms with van der Waals surface area (Å²) in [6, 6.07) is 13.2. The third kappa shape index (κ3) is 2.98. The lowest BCUT2D eigenvalue weighted by molar-refractivity contribution is 0.410. The molecule has 1 unspecified atom stereocenters. The molecule has 3 aromatic rings. The van der Waals surface area contributed by atoms with Gasteiger partial charge in [-0.25, -0.2) is 0 Å². The lowest BCUT2D eigenvalue weighted by Gasteiger charge is -2.17. The highest BCUT2D eigenvalue weighted by Crippen LogP contribution is 2.34. The molecule has 0 spiro atoms. The van der Waals surface area contributed by atoms with Gasteiger partial charge in [0.2, 0.25) is 0 Å². The average molecular weight is 423 g/mol. The second-order valence-electron chi connectivity index (χ2n) is 6.00. The van der Waals surface area contributed by atoms with Gasteiger partial charge in [-0.1, -0.05) is 70.7 Å². The molecular formula is C19H21Br2N. The number of nitrogens with zero attached hydrogens (tertiary/aromatic N) is 1. The van der Waals surface area contributed by atoms with Crippen LogP contribution < -0.4 is 0 Å². The standard InChI is InChI=1S/C19H21Br2N/c1-3-5-13(4-2)12-22-18-10-14(20)6-8-16(18)17-9-7-15(21)11-19(17)22/h6-11,13H,3-5,12H2,1-2H3. The van der Waals surface area contributed by atoms with Crippen LogP contribution in [0.15, 0.2) is 45.3 Å². The van der Waals surface area contributed by atoms with E-state index in [1.54, 1.807) is 0 Å². The van der Waals surface area contributed by atoms with E-state index in [0.29, 0.717) is 0 Å². The van der Waals surface area contributed by atoms with Gasteiger partial charge in [-0.2, -0.15) is 0 Å². The molecule has 1 atom stereocenters. The normalized spacial score (nSPS) is 13.1. The van der Waals surface area contributed by atoms with E-state index in [-0.39, 0.29) is 0 Å². The molecule has 22 heavy (non-hydrogen) atoms. The van der Waals surface area contributed by atoms with E-state index < -0.39 is 0 Å². The molecule has 0 fully saturated rings. The first-order valence-corrected chi connectivity index (χ1v) is 9.59. The quantitative estimate of drug-likeness (QED) is 0.411. The van der Waals surface area contributed by atoms with Crippen LogP contribution in [-0.4, -0.2) is 4.57 Å². The summed E-state index contributed by atoms with van der Waals surface area (Å²) in [4.78, 5) is 0. The van der Waals surface area contributed by atoms with E-state index in [9.17, 15) is 0 Å². The Balaban J connectivity index is 2.23. The Labute approximate surface area is 149 Å². The molecule has 3 rings (SSSR count). The van der Waals surface area contributed by atoms with Crippen molar-refractivity contribution in [2.45, 2.75) is 39.7 Å². The van der Waals surface area contributed by atoms with Gasteiger partial charge in [0.1, 0.15) is 0 Å². The van der Waals surface area contributed by atoms with Crippen molar-refractivity contribution in [3.05, 3.63) is 45.3 Å². The molecule has 0 aliphatic rings. The van der Waals surface area contributed by atoms with Crippen LogP contribution >= 0.6 is 31.9 Å². The zero-order valence-corrected chi connectivity index (χ0v) is 16.2. The van der Waals surface area contributed by atoms with Crippen LogP contribution in [0, 0.1) is 5.92 Å². The SMILES string of the molecule is CCCC(CC)Cn1c2cc(Br)ccc2c2ccc(Br)cc21. The van der Waals surface area contributed by atoms with Gasteiger partial charge in [0.15, 0.2) is 0 Å². The number of benzene rings is 2. The summed E-state index contributed by atoms with van der Waals surface area (Å²) in [7, 11) is 0. The predicted molar refractivity (Wildman–Crippen MR) is 104 cm³/mol. The van der Waals surface area contributed by atoms with Crippen LogP contribution in [-0.2, 0) is 6.54 Å². The Morgan fingerprint density at radius 3 is 1.91 bits per heavy atom. The maximum absolute atomic E-state index is 3.63. The summed E-state index contributed by atoms with van der Waals surface area (Å²) >= 11 is 7.26. The molecule has 3 heteroatoms. The minimum atomic E-state index is 0.738. The highest BCUT2D eigenvalue weighted by atomic mass is 79.9. The van der Waals surface area contributed by atoms with Gasteiger partial charge in [0, 0.05) is 26.3 Å². The zero-order valence-electron chi connectivity index (χ0n) is 13.1. The fourth-order valence-electron chi connectivity index (χ4n) is 3.33. The number of fused-ring (bicyclic) bond motifs is 3.